The third-order valence-corrected chi connectivity index (χ3v) is 2.73. The Bertz CT molecular complexity index is 346. The van der Waals surface area contributed by atoms with Crippen molar-refractivity contribution in [2.75, 3.05) is 0 Å². The molecule has 0 saturated carbocycles. The van der Waals surface area contributed by atoms with Crippen molar-refractivity contribution in [2.24, 2.45) is 0 Å². The number of aromatic nitrogens is 1. The molecule has 0 aromatic carbocycles. The summed E-state index contributed by atoms with van der Waals surface area (Å²) in [6.45, 7) is 6.64. The number of hydrogen-bond acceptors (Lipinski definition) is 2. The minimum Gasteiger partial charge on any atom is -0.550 e. The molecule has 19 heavy (non-hydrogen) atoms. The highest BCUT2D eigenvalue weighted by Gasteiger charge is 2.01. The predicted octanol–water partition coefficient (Wildman–Crippen LogP) is 2.26. The Morgan fingerprint density at radius 1 is 1.21 bits per heavy atom. The molecule has 108 valence electrons. The first kappa shape index (κ1) is 17.6. The van der Waals surface area contributed by atoms with Crippen LogP contribution in [0.15, 0.2) is 24.5 Å². The molecule has 0 unspecified atom stereocenters. The molecule has 1 rings (SSSR count). The van der Waals surface area contributed by atoms with E-state index in [2.05, 4.69) is 42.9 Å². The van der Waals surface area contributed by atoms with Gasteiger partial charge in [-0.1, -0.05) is 33.1 Å². The monoisotopic (exact) mass is 265 g/mol. The van der Waals surface area contributed by atoms with Crippen LogP contribution in [0.5, 0.6) is 0 Å². The van der Waals surface area contributed by atoms with Crippen molar-refractivity contribution < 1.29 is 14.5 Å². The van der Waals surface area contributed by atoms with E-state index in [1.807, 2.05) is 0 Å². The first-order chi connectivity index (χ1) is 9.10. The van der Waals surface area contributed by atoms with E-state index in [0.29, 0.717) is 0 Å². The fourth-order valence-corrected chi connectivity index (χ4v) is 1.87. The molecule has 0 amide bonds. The van der Waals surface area contributed by atoms with Gasteiger partial charge in [0.05, 0.1) is 0 Å². The Balaban J connectivity index is 0.000000711. The Kier molecular flexibility index (Phi) is 10.8. The van der Waals surface area contributed by atoms with Gasteiger partial charge in [-0.2, -0.15) is 0 Å². The smallest absolute Gasteiger partial charge is 0.171 e. The standard InChI is InChI=1S/C14H24N.C2H4O2/c1-3-5-6-7-11-15-12-8-10-14(13-15)9-4-2;1-2(3)4/h8,10,12-13H,3-7,9,11H2,1-2H3;1H3,(H,3,4)/q+1;/p-1. The van der Waals surface area contributed by atoms with E-state index in [1.165, 1.54) is 50.6 Å². The van der Waals surface area contributed by atoms with Gasteiger partial charge in [-0.25, -0.2) is 4.57 Å². The van der Waals surface area contributed by atoms with Gasteiger partial charge in [-0.3, -0.25) is 0 Å². The van der Waals surface area contributed by atoms with Crippen molar-refractivity contribution in [3.05, 3.63) is 30.1 Å². The molecule has 0 aliphatic carbocycles. The molecule has 0 aliphatic rings. The minimum atomic E-state index is -1.08. The van der Waals surface area contributed by atoms with E-state index >= 15 is 0 Å². The number of hydrogen-bond donors (Lipinski definition) is 0. The molecule has 1 aromatic heterocycles. The summed E-state index contributed by atoms with van der Waals surface area (Å²) in [6.07, 6.45) is 12.3. The molecule has 1 aromatic rings. The van der Waals surface area contributed by atoms with E-state index < -0.39 is 5.97 Å². The van der Waals surface area contributed by atoms with Crippen LogP contribution in [0.3, 0.4) is 0 Å². The van der Waals surface area contributed by atoms with Crippen LogP contribution < -0.4 is 9.67 Å². The zero-order chi connectivity index (χ0) is 14.5. The summed E-state index contributed by atoms with van der Waals surface area (Å²) in [7, 11) is 0. The summed E-state index contributed by atoms with van der Waals surface area (Å²) in [4.78, 5) is 8.89. The number of aryl methyl sites for hydroxylation is 2. The fraction of sp³-hybridized carbons (Fsp3) is 0.625. The van der Waals surface area contributed by atoms with E-state index in [4.69, 9.17) is 9.90 Å². The normalized spacial score (nSPS) is 9.63. The Hall–Kier alpha value is -1.38. The second-order valence-corrected chi connectivity index (χ2v) is 4.75. The quantitative estimate of drug-likeness (QED) is 0.560. The molecule has 0 atom stereocenters. The number of aliphatic carboxylic acids is 1. The van der Waals surface area contributed by atoms with Crippen LogP contribution >= 0.6 is 0 Å². The molecule has 1 heterocycles. The summed E-state index contributed by atoms with van der Waals surface area (Å²) < 4.78 is 2.33. The van der Waals surface area contributed by atoms with Gasteiger partial charge in [-0.15, -0.1) is 0 Å². The van der Waals surface area contributed by atoms with Crippen molar-refractivity contribution >= 4 is 5.97 Å². The Morgan fingerprint density at radius 2 is 1.89 bits per heavy atom. The number of carboxylic acids is 1. The van der Waals surface area contributed by atoms with Gasteiger partial charge in [0.1, 0.15) is 6.54 Å². The SMILES string of the molecule is CC(=O)[O-].CCCCCC[n+]1cccc(CCC)c1. The number of carbonyl (C=O) groups excluding carboxylic acids is 1. The maximum absolute atomic E-state index is 8.89. The maximum Gasteiger partial charge on any atom is 0.171 e. The van der Waals surface area contributed by atoms with Crippen molar-refractivity contribution in [1.82, 2.24) is 0 Å². The van der Waals surface area contributed by atoms with Crippen LogP contribution in [0.2, 0.25) is 0 Å². The zero-order valence-electron chi connectivity index (χ0n) is 12.5. The van der Waals surface area contributed by atoms with Crippen molar-refractivity contribution in [2.45, 2.75) is 65.8 Å². The summed E-state index contributed by atoms with van der Waals surface area (Å²) >= 11 is 0. The third kappa shape index (κ3) is 11.4. The third-order valence-electron chi connectivity index (χ3n) is 2.73. The summed E-state index contributed by atoms with van der Waals surface area (Å²) in [5.74, 6) is -1.08. The average Bonchev–Trinajstić information content (AvgIpc) is 2.35. The van der Waals surface area contributed by atoms with Crippen LogP contribution in [-0.4, -0.2) is 5.97 Å². The summed E-state index contributed by atoms with van der Waals surface area (Å²) in [5.41, 5.74) is 1.47. The largest absolute Gasteiger partial charge is 0.550 e. The predicted molar refractivity (Wildman–Crippen MR) is 75.5 cm³/mol. The second-order valence-electron chi connectivity index (χ2n) is 4.75. The highest BCUT2D eigenvalue weighted by atomic mass is 16.4. The fourth-order valence-electron chi connectivity index (χ4n) is 1.87. The van der Waals surface area contributed by atoms with Gasteiger partial charge in [0, 0.05) is 24.0 Å². The number of rotatable bonds is 7. The van der Waals surface area contributed by atoms with Crippen LogP contribution in [-0.2, 0) is 17.8 Å². The molecule has 0 fully saturated rings. The molecular weight excluding hydrogens is 238 g/mol. The molecule has 0 radical (unpaired) electrons. The van der Waals surface area contributed by atoms with E-state index in [9.17, 15) is 0 Å². The molecule has 0 saturated heterocycles. The summed E-state index contributed by atoms with van der Waals surface area (Å²) in [6, 6.07) is 4.40. The lowest BCUT2D eigenvalue weighted by Crippen LogP contribution is -2.33. The van der Waals surface area contributed by atoms with Crippen LogP contribution in [0.25, 0.3) is 0 Å². The number of pyridine rings is 1. The van der Waals surface area contributed by atoms with Gasteiger partial charge < -0.3 is 9.90 Å². The van der Waals surface area contributed by atoms with Crippen LogP contribution in [0.4, 0.5) is 0 Å². The van der Waals surface area contributed by atoms with E-state index in [1.54, 1.807) is 0 Å². The van der Waals surface area contributed by atoms with E-state index in [0.717, 1.165) is 6.92 Å². The average molecular weight is 265 g/mol. The highest BCUT2D eigenvalue weighted by molar-refractivity contribution is 5.60. The number of carbonyl (C=O) groups is 1. The molecule has 0 spiro atoms. The van der Waals surface area contributed by atoms with Gasteiger partial charge >= 0.3 is 0 Å². The molecular formula is C16H27NO2. The summed E-state index contributed by atoms with van der Waals surface area (Å²) in [5, 5.41) is 8.89. The van der Waals surface area contributed by atoms with Crippen molar-refractivity contribution in [1.29, 1.82) is 0 Å². The molecule has 0 bridgehead atoms. The lowest BCUT2D eigenvalue weighted by molar-refractivity contribution is -0.697. The highest BCUT2D eigenvalue weighted by Crippen LogP contribution is 2.01. The van der Waals surface area contributed by atoms with E-state index in [-0.39, 0.29) is 0 Å². The minimum absolute atomic E-state index is 0.972. The lowest BCUT2D eigenvalue weighted by atomic mass is 10.1. The Labute approximate surface area is 117 Å². The van der Waals surface area contributed by atoms with Crippen molar-refractivity contribution in [3.8, 4) is 0 Å². The van der Waals surface area contributed by atoms with Gasteiger partial charge in [0.25, 0.3) is 0 Å². The Morgan fingerprint density at radius 3 is 2.47 bits per heavy atom. The van der Waals surface area contributed by atoms with Gasteiger partial charge in [-0.05, 0) is 25.8 Å². The van der Waals surface area contributed by atoms with Crippen LogP contribution in [0.1, 0.15) is 58.4 Å². The number of nitrogens with zero attached hydrogens (tertiary/aromatic N) is 1. The lowest BCUT2D eigenvalue weighted by Gasteiger charge is -1.99. The van der Waals surface area contributed by atoms with Crippen molar-refractivity contribution in [3.63, 3.8) is 0 Å². The van der Waals surface area contributed by atoms with Gasteiger partial charge in [0.2, 0.25) is 0 Å². The molecule has 0 N–H and O–H groups in total. The maximum atomic E-state index is 8.89. The second kappa shape index (κ2) is 11.7. The molecule has 3 nitrogen and oxygen atoms in total. The van der Waals surface area contributed by atoms with Crippen LogP contribution in [0, 0.1) is 0 Å². The van der Waals surface area contributed by atoms with Gasteiger partial charge in [0.15, 0.2) is 12.4 Å². The first-order valence-corrected chi connectivity index (χ1v) is 7.25. The molecule has 3 heteroatoms. The number of unbranched alkanes of at least 4 members (excludes halogenated alkanes) is 3. The number of carboxylic acid groups (broad SMARTS) is 1. The molecule has 0 aliphatic heterocycles. The first-order valence-electron chi connectivity index (χ1n) is 7.25. The topological polar surface area (TPSA) is 44.0 Å². The zero-order valence-corrected chi connectivity index (χ0v) is 12.5.